The van der Waals surface area contributed by atoms with Crippen LogP contribution < -0.4 is 0 Å². The summed E-state index contributed by atoms with van der Waals surface area (Å²) in [5.41, 5.74) is 0.162. The lowest BCUT2D eigenvalue weighted by molar-refractivity contribution is 0.0792. The number of carbonyl (C=O) groups is 1. The SMILES string of the molecule is CC(C(=O)c1ccc(F)c(F)c1)N(CCO)C1CC1. The van der Waals surface area contributed by atoms with Crippen LogP contribution >= 0.6 is 0 Å². The van der Waals surface area contributed by atoms with E-state index in [0.29, 0.717) is 12.6 Å². The van der Waals surface area contributed by atoms with Crippen molar-refractivity contribution in [3.63, 3.8) is 0 Å². The number of halogens is 2. The Morgan fingerprint density at radius 3 is 2.63 bits per heavy atom. The summed E-state index contributed by atoms with van der Waals surface area (Å²) in [5.74, 6) is -2.23. The second kappa shape index (κ2) is 5.75. The summed E-state index contributed by atoms with van der Waals surface area (Å²) in [6.07, 6.45) is 2.02. The molecule has 1 saturated carbocycles. The van der Waals surface area contributed by atoms with Crippen molar-refractivity contribution in [2.75, 3.05) is 13.2 Å². The van der Waals surface area contributed by atoms with Gasteiger partial charge < -0.3 is 5.11 Å². The molecule has 0 radical (unpaired) electrons. The van der Waals surface area contributed by atoms with Gasteiger partial charge in [0.25, 0.3) is 0 Å². The normalized spacial score (nSPS) is 16.7. The Labute approximate surface area is 110 Å². The number of Topliss-reactive ketones (excluding diaryl/α,β-unsaturated/α-hetero) is 1. The van der Waals surface area contributed by atoms with Crippen LogP contribution in [0, 0.1) is 11.6 Å². The van der Waals surface area contributed by atoms with Gasteiger partial charge >= 0.3 is 0 Å². The minimum absolute atomic E-state index is 0.0219. The lowest BCUT2D eigenvalue weighted by atomic mass is 10.0. The Bertz CT molecular complexity index is 475. The molecule has 0 spiro atoms. The molecule has 1 aromatic carbocycles. The molecule has 3 nitrogen and oxygen atoms in total. The van der Waals surface area contributed by atoms with Gasteiger partial charge in [-0.25, -0.2) is 8.78 Å². The summed E-state index contributed by atoms with van der Waals surface area (Å²) in [7, 11) is 0. The monoisotopic (exact) mass is 269 g/mol. The van der Waals surface area contributed by atoms with Gasteiger partial charge in [0.05, 0.1) is 12.6 Å². The molecule has 19 heavy (non-hydrogen) atoms. The Kier molecular flexibility index (Phi) is 4.27. The smallest absolute Gasteiger partial charge is 0.179 e. The van der Waals surface area contributed by atoms with Crippen molar-refractivity contribution >= 4 is 5.78 Å². The zero-order chi connectivity index (χ0) is 14.0. The van der Waals surface area contributed by atoms with Crippen molar-refractivity contribution in [1.82, 2.24) is 4.90 Å². The summed E-state index contributed by atoms with van der Waals surface area (Å²) in [6.45, 7) is 2.13. The number of nitrogens with zero attached hydrogens (tertiary/aromatic N) is 1. The van der Waals surface area contributed by atoms with Crippen molar-refractivity contribution in [3.05, 3.63) is 35.4 Å². The van der Waals surface area contributed by atoms with Gasteiger partial charge in [0.2, 0.25) is 0 Å². The Morgan fingerprint density at radius 1 is 1.42 bits per heavy atom. The lowest BCUT2D eigenvalue weighted by Crippen LogP contribution is -2.42. The Balaban J connectivity index is 2.14. The number of carbonyl (C=O) groups excluding carboxylic acids is 1. The summed E-state index contributed by atoms with van der Waals surface area (Å²) in [5, 5.41) is 9.03. The van der Waals surface area contributed by atoms with E-state index in [9.17, 15) is 13.6 Å². The molecule has 2 rings (SSSR count). The molecule has 0 saturated heterocycles. The maximum absolute atomic E-state index is 13.1. The first-order chi connectivity index (χ1) is 9.04. The van der Waals surface area contributed by atoms with Gasteiger partial charge in [0.1, 0.15) is 0 Å². The molecule has 1 atom stereocenters. The predicted molar refractivity (Wildman–Crippen MR) is 67.0 cm³/mol. The minimum atomic E-state index is -1.02. The fourth-order valence-electron chi connectivity index (χ4n) is 2.26. The maximum Gasteiger partial charge on any atom is 0.179 e. The molecule has 1 aliphatic carbocycles. The highest BCUT2D eigenvalue weighted by molar-refractivity contribution is 5.99. The van der Waals surface area contributed by atoms with Crippen molar-refractivity contribution in [2.45, 2.75) is 31.8 Å². The van der Waals surface area contributed by atoms with Crippen LogP contribution in [0.1, 0.15) is 30.1 Å². The van der Waals surface area contributed by atoms with Gasteiger partial charge in [-0.3, -0.25) is 9.69 Å². The molecule has 5 heteroatoms. The molecule has 0 aromatic heterocycles. The van der Waals surface area contributed by atoms with Gasteiger partial charge in [0, 0.05) is 18.2 Å². The second-order valence-corrected chi connectivity index (χ2v) is 4.86. The first kappa shape index (κ1) is 14.1. The number of rotatable bonds is 6. The van der Waals surface area contributed by atoms with E-state index in [1.54, 1.807) is 6.92 Å². The van der Waals surface area contributed by atoms with E-state index in [4.69, 9.17) is 5.11 Å². The van der Waals surface area contributed by atoms with Gasteiger partial charge in [-0.1, -0.05) is 0 Å². The van der Waals surface area contributed by atoms with Crippen LogP contribution in [0.2, 0.25) is 0 Å². The van der Waals surface area contributed by atoms with Crippen molar-refractivity contribution in [1.29, 1.82) is 0 Å². The molecule has 1 N–H and O–H groups in total. The van der Waals surface area contributed by atoms with E-state index in [0.717, 1.165) is 25.0 Å². The zero-order valence-electron chi connectivity index (χ0n) is 10.8. The summed E-state index contributed by atoms with van der Waals surface area (Å²) < 4.78 is 26.0. The lowest BCUT2D eigenvalue weighted by Gasteiger charge is -2.27. The summed E-state index contributed by atoms with van der Waals surface area (Å²) in [4.78, 5) is 14.2. The number of ketones is 1. The van der Waals surface area contributed by atoms with E-state index < -0.39 is 17.7 Å². The Morgan fingerprint density at radius 2 is 2.11 bits per heavy atom. The molecule has 1 unspecified atom stereocenters. The molecule has 0 heterocycles. The topological polar surface area (TPSA) is 40.5 Å². The van der Waals surface area contributed by atoms with Crippen molar-refractivity contribution < 1.29 is 18.7 Å². The molecular formula is C14H17F2NO2. The number of hydrogen-bond acceptors (Lipinski definition) is 3. The summed E-state index contributed by atoms with van der Waals surface area (Å²) >= 11 is 0. The number of aliphatic hydroxyl groups is 1. The van der Waals surface area contributed by atoms with E-state index in [2.05, 4.69) is 0 Å². The zero-order valence-corrected chi connectivity index (χ0v) is 10.8. The molecule has 0 bridgehead atoms. The highest BCUT2D eigenvalue weighted by atomic mass is 19.2. The fraction of sp³-hybridized carbons (Fsp3) is 0.500. The highest BCUT2D eigenvalue weighted by Crippen LogP contribution is 2.29. The highest BCUT2D eigenvalue weighted by Gasteiger charge is 2.34. The van der Waals surface area contributed by atoms with Gasteiger partial charge in [-0.05, 0) is 38.0 Å². The van der Waals surface area contributed by atoms with Crippen LogP contribution in [-0.2, 0) is 0 Å². The summed E-state index contributed by atoms with van der Waals surface area (Å²) in [6, 6.07) is 3.06. The molecule has 1 aliphatic rings. The third kappa shape index (κ3) is 3.16. The average molecular weight is 269 g/mol. The van der Waals surface area contributed by atoms with Crippen LogP contribution in [-0.4, -0.2) is 41.0 Å². The van der Waals surface area contributed by atoms with Crippen molar-refractivity contribution in [3.8, 4) is 0 Å². The second-order valence-electron chi connectivity index (χ2n) is 4.86. The molecule has 0 amide bonds. The van der Waals surface area contributed by atoms with Crippen molar-refractivity contribution in [2.24, 2.45) is 0 Å². The number of aliphatic hydroxyl groups excluding tert-OH is 1. The van der Waals surface area contributed by atoms with E-state index >= 15 is 0 Å². The predicted octanol–water partition coefficient (Wildman–Crippen LogP) is 1.99. The van der Waals surface area contributed by atoms with Gasteiger partial charge in [0.15, 0.2) is 17.4 Å². The van der Waals surface area contributed by atoms with Crippen LogP contribution in [0.25, 0.3) is 0 Å². The third-order valence-corrected chi connectivity index (χ3v) is 3.46. The molecule has 1 aromatic rings. The van der Waals surface area contributed by atoms with Crippen LogP contribution in [0.5, 0.6) is 0 Å². The standard InChI is InChI=1S/C14H17F2NO2/c1-9(17(6-7-18)11-3-4-11)14(19)10-2-5-12(15)13(16)8-10/h2,5,8-9,11,18H,3-4,6-7H2,1H3. The quantitative estimate of drug-likeness (QED) is 0.803. The third-order valence-electron chi connectivity index (χ3n) is 3.46. The molecular weight excluding hydrogens is 252 g/mol. The molecule has 0 aliphatic heterocycles. The van der Waals surface area contributed by atoms with E-state index in [-0.39, 0.29) is 18.0 Å². The molecule has 1 fully saturated rings. The largest absolute Gasteiger partial charge is 0.395 e. The van der Waals surface area contributed by atoms with E-state index in [1.807, 2.05) is 4.90 Å². The minimum Gasteiger partial charge on any atom is -0.395 e. The Hall–Kier alpha value is -1.33. The van der Waals surface area contributed by atoms with Gasteiger partial charge in [-0.2, -0.15) is 0 Å². The van der Waals surface area contributed by atoms with Gasteiger partial charge in [-0.15, -0.1) is 0 Å². The first-order valence-electron chi connectivity index (χ1n) is 6.40. The number of benzene rings is 1. The molecule has 104 valence electrons. The van der Waals surface area contributed by atoms with Crippen LogP contribution in [0.3, 0.4) is 0 Å². The van der Waals surface area contributed by atoms with Crippen LogP contribution in [0.15, 0.2) is 18.2 Å². The van der Waals surface area contributed by atoms with Crippen LogP contribution in [0.4, 0.5) is 8.78 Å². The maximum atomic E-state index is 13.1. The average Bonchev–Trinajstić information content (AvgIpc) is 3.22. The first-order valence-corrected chi connectivity index (χ1v) is 6.40. The fourth-order valence-corrected chi connectivity index (χ4v) is 2.26. The number of hydrogen-bond donors (Lipinski definition) is 1. The van der Waals surface area contributed by atoms with E-state index in [1.165, 1.54) is 6.07 Å².